The smallest absolute Gasteiger partial charge is 0.341 e. The van der Waals surface area contributed by atoms with Gasteiger partial charge in [0.05, 0.1) is 5.56 Å². The molecule has 1 heterocycles. The highest BCUT2D eigenvalue weighted by Gasteiger charge is 2.20. The minimum Gasteiger partial charge on any atom is -0.454 e. The van der Waals surface area contributed by atoms with Gasteiger partial charge in [-0.1, -0.05) is 15.9 Å². The van der Waals surface area contributed by atoms with Crippen molar-refractivity contribution >= 4 is 27.7 Å². The molecule has 0 fully saturated rings. The summed E-state index contributed by atoms with van der Waals surface area (Å²) in [6.07, 6.45) is 0. The highest BCUT2D eigenvalue weighted by Crippen LogP contribution is 2.23. The molecule has 3 aromatic rings. The number of ether oxygens (including phenoxy) is 1. The first-order valence-corrected chi connectivity index (χ1v) is 9.17. The maximum absolute atomic E-state index is 13.7. The lowest BCUT2D eigenvalue weighted by atomic mass is 10.1. The quantitative estimate of drug-likeness (QED) is 0.400. The Morgan fingerprint density at radius 1 is 1.00 bits per heavy atom. The van der Waals surface area contributed by atoms with E-state index in [2.05, 4.69) is 15.9 Å². The molecule has 28 heavy (non-hydrogen) atoms. The molecule has 0 saturated heterocycles. The van der Waals surface area contributed by atoms with Crippen molar-refractivity contribution in [2.75, 3.05) is 6.61 Å². The molecule has 0 saturated carbocycles. The number of nitrogens with zero attached hydrogens (tertiary/aromatic N) is 1. The molecule has 0 bridgehead atoms. The minimum atomic E-state index is -1.04. The normalized spacial score (nSPS) is 10.8. The van der Waals surface area contributed by atoms with E-state index >= 15 is 0 Å². The zero-order chi connectivity index (χ0) is 20.4. The fourth-order valence-corrected chi connectivity index (χ4v) is 3.24. The van der Waals surface area contributed by atoms with Crippen molar-refractivity contribution in [1.29, 1.82) is 0 Å². The molecule has 1 aromatic heterocycles. The molecule has 0 spiro atoms. The number of carbonyl (C=O) groups is 2. The summed E-state index contributed by atoms with van der Waals surface area (Å²) in [5.74, 6) is -3.27. The van der Waals surface area contributed by atoms with E-state index in [1.54, 1.807) is 13.0 Å². The number of ketones is 1. The lowest BCUT2D eigenvalue weighted by molar-refractivity contribution is 0.0470. The molecule has 0 amide bonds. The third-order valence-electron chi connectivity index (χ3n) is 4.30. The summed E-state index contributed by atoms with van der Waals surface area (Å²) in [7, 11) is 0. The molecule has 0 aliphatic rings. The third-order valence-corrected chi connectivity index (χ3v) is 4.83. The van der Waals surface area contributed by atoms with E-state index < -0.39 is 35.6 Å². The first-order chi connectivity index (χ1) is 13.3. The standard InChI is InChI=1S/C21H16BrF2NO3/c1-12-9-18(13(2)25(12)16-6-3-14(22)4-7-16)20(26)11-28-21(27)17-8-5-15(23)10-19(17)24/h3-10H,11H2,1-2H3. The van der Waals surface area contributed by atoms with Crippen molar-refractivity contribution in [3.8, 4) is 5.69 Å². The maximum atomic E-state index is 13.7. The summed E-state index contributed by atoms with van der Waals surface area (Å²) in [6, 6.07) is 11.9. The Balaban J connectivity index is 1.77. The van der Waals surface area contributed by atoms with Gasteiger partial charge in [0.1, 0.15) is 11.6 Å². The van der Waals surface area contributed by atoms with Gasteiger partial charge in [-0.25, -0.2) is 13.6 Å². The van der Waals surface area contributed by atoms with Gasteiger partial charge in [0, 0.05) is 33.2 Å². The fraction of sp³-hybridized carbons (Fsp3) is 0.143. The van der Waals surface area contributed by atoms with Gasteiger partial charge in [0.15, 0.2) is 6.61 Å². The van der Waals surface area contributed by atoms with E-state index in [1.807, 2.05) is 35.8 Å². The average Bonchev–Trinajstić information content (AvgIpc) is 2.95. The summed E-state index contributed by atoms with van der Waals surface area (Å²) in [6.45, 7) is 3.12. The number of aromatic nitrogens is 1. The van der Waals surface area contributed by atoms with Crippen molar-refractivity contribution in [2.24, 2.45) is 0 Å². The minimum absolute atomic E-state index is 0.410. The number of aryl methyl sites for hydroxylation is 1. The predicted molar refractivity (Wildman–Crippen MR) is 104 cm³/mol. The van der Waals surface area contributed by atoms with Crippen molar-refractivity contribution in [1.82, 2.24) is 4.57 Å². The van der Waals surface area contributed by atoms with Crippen molar-refractivity contribution in [2.45, 2.75) is 13.8 Å². The Morgan fingerprint density at radius 3 is 2.32 bits per heavy atom. The van der Waals surface area contributed by atoms with Crippen LogP contribution in [-0.4, -0.2) is 22.9 Å². The second-order valence-electron chi connectivity index (χ2n) is 6.22. The Kier molecular flexibility index (Phi) is 5.74. The van der Waals surface area contributed by atoms with Crippen LogP contribution in [0.15, 0.2) is 53.0 Å². The predicted octanol–water partition coefficient (Wildman–Crippen LogP) is 5.17. The zero-order valence-electron chi connectivity index (χ0n) is 15.1. The lowest BCUT2D eigenvalue weighted by Crippen LogP contribution is -2.16. The van der Waals surface area contributed by atoms with Crippen LogP contribution in [0.25, 0.3) is 5.69 Å². The molecular formula is C21H16BrF2NO3. The molecule has 2 aromatic carbocycles. The molecule has 3 rings (SSSR count). The number of benzene rings is 2. The van der Waals surface area contributed by atoms with Crippen molar-refractivity contribution in [3.63, 3.8) is 0 Å². The molecule has 0 aliphatic carbocycles. The van der Waals surface area contributed by atoms with Crippen LogP contribution >= 0.6 is 15.9 Å². The summed E-state index contributed by atoms with van der Waals surface area (Å²) in [4.78, 5) is 24.5. The van der Waals surface area contributed by atoms with Gasteiger partial charge in [0.2, 0.25) is 5.78 Å². The molecular weight excluding hydrogens is 432 g/mol. The summed E-state index contributed by atoms with van der Waals surface area (Å²) in [5, 5.41) is 0. The molecule has 7 heteroatoms. The molecule has 0 unspecified atom stereocenters. The topological polar surface area (TPSA) is 48.3 Å². The van der Waals surface area contributed by atoms with Gasteiger partial charge in [-0.2, -0.15) is 0 Å². The van der Waals surface area contributed by atoms with Crippen LogP contribution in [0.5, 0.6) is 0 Å². The highest BCUT2D eigenvalue weighted by molar-refractivity contribution is 9.10. The van der Waals surface area contributed by atoms with E-state index in [1.165, 1.54) is 0 Å². The van der Waals surface area contributed by atoms with Gasteiger partial charge >= 0.3 is 5.97 Å². The van der Waals surface area contributed by atoms with Crippen LogP contribution in [0, 0.1) is 25.5 Å². The van der Waals surface area contributed by atoms with Gasteiger partial charge in [-0.3, -0.25) is 4.79 Å². The Labute approximate surface area is 168 Å². The maximum Gasteiger partial charge on any atom is 0.341 e. The van der Waals surface area contributed by atoms with Crippen LogP contribution in [0.3, 0.4) is 0 Å². The third kappa shape index (κ3) is 4.04. The average molecular weight is 448 g/mol. The zero-order valence-corrected chi connectivity index (χ0v) is 16.7. The first-order valence-electron chi connectivity index (χ1n) is 8.38. The van der Waals surface area contributed by atoms with Gasteiger partial charge in [-0.15, -0.1) is 0 Å². The van der Waals surface area contributed by atoms with Gasteiger partial charge in [0.25, 0.3) is 0 Å². The van der Waals surface area contributed by atoms with Crippen molar-refractivity contribution in [3.05, 3.63) is 87.2 Å². The number of hydrogen-bond donors (Lipinski definition) is 0. The van der Waals surface area contributed by atoms with E-state index in [-0.39, 0.29) is 0 Å². The van der Waals surface area contributed by atoms with E-state index in [9.17, 15) is 18.4 Å². The molecule has 0 atom stereocenters. The number of hydrogen-bond acceptors (Lipinski definition) is 3. The lowest BCUT2D eigenvalue weighted by Gasteiger charge is -2.10. The summed E-state index contributed by atoms with van der Waals surface area (Å²) >= 11 is 3.39. The SMILES string of the molecule is Cc1cc(C(=O)COC(=O)c2ccc(F)cc2F)c(C)n1-c1ccc(Br)cc1. The van der Waals surface area contributed by atoms with Crippen LogP contribution < -0.4 is 0 Å². The number of Topliss-reactive ketones (excluding diaryl/α,β-unsaturated/α-hetero) is 1. The largest absolute Gasteiger partial charge is 0.454 e. The number of rotatable bonds is 5. The summed E-state index contributed by atoms with van der Waals surface area (Å²) < 4.78 is 34.4. The Bertz CT molecular complexity index is 1060. The first kappa shape index (κ1) is 19.9. The van der Waals surface area contributed by atoms with Crippen LogP contribution in [0.4, 0.5) is 8.78 Å². The monoisotopic (exact) mass is 447 g/mol. The van der Waals surface area contributed by atoms with E-state index in [0.717, 1.165) is 28.0 Å². The Hall–Kier alpha value is -2.80. The Morgan fingerprint density at radius 2 is 1.68 bits per heavy atom. The van der Waals surface area contributed by atoms with E-state index in [4.69, 9.17) is 4.74 Å². The van der Waals surface area contributed by atoms with Gasteiger partial charge < -0.3 is 9.30 Å². The van der Waals surface area contributed by atoms with Crippen LogP contribution in [-0.2, 0) is 4.74 Å². The van der Waals surface area contributed by atoms with Gasteiger partial charge in [-0.05, 0) is 56.3 Å². The molecule has 0 aliphatic heterocycles. The number of halogens is 3. The second-order valence-corrected chi connectivity index (χ2v) is 7.14. The number of esters is 1. The molecule has 4 nitrogen and oxygen atoms in total. The second kappa shape index (κ2) is 8.06. The van der Waals surface area contributed by atoms with Crippen LogP contribution in [0.1, 0.15) is 32.1 Å². The molecule has 0 N–H and O–H groups in total. The molecule has 0 radical (unpaired) electrons. The molecule has 144 valence electrons. The summed E-state index contributed by atoms with van der Waals surface area (Å²) in [5.41, 5.74) is 2.43. The van der Waals surface area contributed by atoms with E-state index in [0.29, 0.717) is 17.3 Å². The fourth-order valence-electron chi connectivity index (χ4n) is 2.97. The van der Waals surface area contributed by atoms with Crippen LogP contribution in [0.2, 0.25) is 0 Å². The van der Waals surface area contributed by atoms with Crippen molar-refractivity contribution < 1.29 is 23.1 Å². The number of carbonyl (C=O) groups excluding carboxylic acids is 2. The highest BCUT2D eigenvalue weighted by atomic mass is 79.9.